The van der Waals surface area contributed by atoms with Crippen molar-refractivity contribution in [1.29, 1.82) is 0 Å². The van der Waals surface area contributed by atoms with Crippen LogP contribution in [0.4, 0.5) is 5.69 Å². The van der Waals surface area contributed by atoms with Gasteiger partial charge in [-0.25, -0.2) is 0 Å². The summed E-state index contributed by atoms with van der Waals surface area (Å²) in [4.78, 5) is 15.9. The van der Waals surface area contributed by atoms with Crippen LogP contribution in [0, 0.1) is 6.92 Å². The van der Waals surface area contributed by atoms with E-state index in [-0.39, 0.29) is 10.7 Å². The van der Waals surface area contributed by atoms with E-state index in [1.165, 1.54) is 0 Å². The van der Waals surface area contributed by atoms with Crippen molar-refractivity contribution >= 4 is 38.4 Å². The van der Waals surface area contributed by atoms with E-state index in [0.717, 1.165) is 22.3 Å². The summed E-state index contributed by atoms with van der Waals surface area (Å²) in [7, 11) is 0. The van der Waals surface area contributed by atoms with Crippen LogP contribution in [0.1, 0.15) is 12.6 Å². The van der Waals surface area contributed by atoms with Crippen molar-refractivity contribution in [2.75, 3.05) is 5.32 Å². The van der Waals surface area contributed by atoms with Crippen LogP contribution in [-0.2, 0) is 4.79 Å². The second kappa shape index (κ2) is 4.84. The number of anilines is 1. The summed E-state index contributed by atoms with van der Waals surface area (Å²) in [6.45, 7) is 3.71. The Kier molecular flexibility index (Phi) is 3.43. The van der Waals surface area contributed by atoms with Crippen LogP contribution in [0.2, 0.25) is 0 Å². The number of halogens is 1. The normalized spacial score (nSPS) is 12.4. The summed E-state index contributed by atoms with van der Waals surface area (Å²) in [5.74, 6) is -0.0549. The highest BCUT2D eigenvalue weighted by Crippen LogP contribution is 2.23. The van der Waals surface area contributed by atoms with E-state index in [1.807, 2.05) is 37.3 Å². The number of carbonyl (C=O) groups excluding carboxylic acids is 1. The van der Waals surface area contributed by atoms with Crippen molar-refractivity contribution in [3.8, 4) is 0 Å². The maximum atomic E-state index is 11.7. The molecule has 17 heavy (non-hydrogen) atoms. The number of carbonyl (C=O) groups is 1. The zero-order valence-corrected chi connectivity index (χ0v) is 11.3. The van der Waals surface area contributed by atoms with Crippen molar-refractivity contribution in [2.45, 2.75) is 18.7 Å². The lowest BCUT2D eigenvalue weighted by molar-refractivity contribution is -0.115. The summed E-state index contributed by atoms with van der Waals surface area (Å²) in [5.41, 5.74) is 2.59. The average molecular weight is 293 g/mol. The lowest BCUT2D eigenvalue weighted by Gasteiger charge is -2.10. The number of benzene rings is 1. The number of nitrogens with one attached hydrogen (secondary N) is 1. The molecule has 4 heteroatoms. The number of hydrogen-bond donors (Lipinski definition) is 1. The first-order valence-corrected chi connectivity index (χ1v) is 6.31. The lowest BCUT2D eigenvalue weighted by Crippen LogP contribution is -2.20. The Hall–Kier alpha value is -1.42. The quantitative estimate of drug-likeness (QED) is 0.863. The number of fused-ring (bicyclic) bond motifs is 1. The first-order chi connectivity index (χ1) is 8.08. The maximum absolute atomic E-state index is 11.7. The van der Waals surface area contributed by atoms with Gasteiger partial charge in [0.25, 0.3) is 0 Å². The third-order valence-corrected chi connectivity index (χ3v) is 2.88. The summed E-state index contributed by atoms with van der Waals surface area (Å²) < 4.78 is 0. The number of pyridine rings is 1. The largest absolute Gasteiger partial charge is 0.324 e. The molecule has 1 unspecified atom stereocenters. The van der Waals surface area contributed by atoms with Gasteiger partial charge >= 0.3 is 0 Å². The molecule has 0 radical (unpaired) electrons. The molecule has 88 valence electrons. The summed E-state index contributed by atoms with van der Waals surface area (Å²) >= 11 is 3.25. The molecule has 0 aliphatic rings. The summed E-state index contributed by atoms with van der Waals surface area (Å²) in [6.07, 6.45) is 0. The number of para-hydroxylation sites is 1. The minimum absolute atomic E-state index is 0.0549. The van der Waals surface area contributed by atoms with Crippen molar-refractivity contribution < 1.29 is 4.79 Å². The second-order valence-corrected chi connectivity index (χ2v) is 5.31. The van der Waals surface area contributed by atoms with Gasteiger partial charge in [0.2, 0.25) is 5.91 Å². The molecular formula is C13H13BrN2O. The van der Waals surface area contributed by atoms with Crippen LogP contribution in [0.5, 0.6) is 0 Å². The molecule has 0 saturated carbocycles. The number of aromatic nitrogens is 1. The summed E-state index contributed by atoms with van der Waals surface area (Å²) in [5, 5.41) is 3.86. The predicted molar refractivity (Wildman–Crippen MR) is 73.5 cm³/mol. The molecule has 3 nitrogen and oxygen atoms in total. The number of hydrogen-bond acceptors (Lipinski definition) is 2. The number of amides is 1. The predicted octanol–water partition coefficient (Wildman–Crippen LogP) is 3.27. The molecule has 1 aromatic carbocycles. The van der Waals surface area contributed by atoms with Gasteiger partial charge in [0.15, 0.2) is 0 Å². The Morgan fingerprint density at radius 2 is 2.12 bits per heavy atom. The molecule has 1 heterocycles. The van der Waals surface area contributed by atoms with Gasteiger partial charge in [0.1, 0.15) is 0 Å². The number of alkyl halides is 1. The molecule has 0 aliphatic carbocycles. The SMILES string of the molecule is Cc1cc(NC(=O)C(C)Br)c2ccccc2n1. The standard InChI is InChI=1S/C13H13BrN2O/c1-8-7-12(16-13(17)9(2)14)10-5-3-4-6-11(10)15-8/h3-7,9H,1-2H3,(H,15,16,17). The monoisotopic (exact) mass is 292 g/mol. The minimum Gasteiger partial charge on any atom is -0.324 e. The molecule has 0 bridgehead atoms. The zero-order chi connectivity index (χ0) is 12.4. The van der Waals surface area contributed by atoms with Crippen LogP contribution in [-0.4, -0.2) is 15.7 Å². The molecule has 2 aromatic rings. The molecule has 0 aliphatic heterocycles. The Balaban J connectivity index is 2.49. The highest BCUT2D eigenvalue weighted by atomic mass is 79.9. The van der Waals surface area contributed by atoms with Crippen molar-refractivity contribution in [2.24, 2.45) is 0 Å². The molecule has 1 N–H and O–H groups in total. The highest BCUT2D eigenvalue weighted by Gasteiger charge is 2.11. The van der Waals surface area contributed by atoms with Crippen molar-refractivity contribution in [3.05, 3.63) is 36.0 Å². The number of rotatable bonds is 2. The van der Waals surface area contributed by atoms with Crippen LogP contribution in [0.15, 0.2) is 30.3 Å². The number of aryl methyl sites for hydroxylation is 1. The van der Waals surface area contributed by atoms with Crippen LogP contribution < -0.4 is 5.32 Å². The Morgan fingerprint density at radius 1 is 1.41 bits per heavy atom. The van der Waals surface area contributed by atoms with Gasteiger partial charge in [0, 0.05) is 11.1 Å². The van der Waals surface area contributed by atoms with E-state index in [4.69, 9.17) is 0 Å². The van der Waals surface area contributed by atoms with E-state index in [0.29, 0.717) is 0 Å². The van der Waals surface area contributed by atoms with Gasteiger partial charge in [0.05, 0.1) is 16.0 Å². The van der Waals surface area contributed by atoms with Crippen LogP contribution >= 0.6 is 15.9 Å². The van der Waals surface area contributed by atoms with E-state index >= 15 is 0 Å². The molecule has 2 rings (SSSR count). The lowest BCUT2D eigenvalue weighted by atomic mass is 10.1. The summed E-state index contributed by atoms with van der Waals surface area (Å²) in [6, 6.07) is 9.65. The topological polar surface area (TPSA) is 42.0 Å². The van der Waals surface area contributed by atoms with E-state index in [2.05, 4.69) is 26.2 Å². The molecule has 0 spiro atoms. The fraction of sp³-hybridized carbons (Fsp3) is 0.231. The third-order valence-electron chi connectivity index (χ3n) is 2.46. The number of nitrogens with zero attached hydrogens (tertiary/aromatic N) is 1. The fourth-order valence-corrected chi connectivity index (χ4v) is 1.76. The first kappa shape index (κ1) is 12.0. The Bertz CT molecular complexity index is 566. The van der Waals surface area contributed by atoms with Gasteiger partial charge in [-0.1, -0.05) is 34.1 Å². The van der Waals surface area contributed by atoms with Gasteiger partial charge < -0.3 is 5.32 Å². The van der Waals surface area contributed by atoms with Crippen molar-refractivity contribution in [3.63, 3.8) is 0 Å². The van der Waals surface area contributed by atoms with E-state index in [1.54, 1.807) is 6.92 Å². The first-order valence-electron chi connectivity index (χ1n) is 5.39. The molecule has 1 aromatic heterocycles. The van der Waals surface area contributed by atoms with Gasteiger partial charge in [-0.05, 0) is 26.0 Å². The highest BCUT2D eigenvalue weighted by molar-refractivity contribution is 9.10. The third kappa shape index (κ3) is 2.64. The zero-order valence-electron chi connectivity index (χ0n) is 9.70. The molecule has 1 amide bonds. The average Bonchev–Trinajstić information content (AvgIpc) is 2.28. The minimum atomic E-state index is -0.213. The second-order valence-electron chi connectivity index (χ2n) is 3.93. The van der Waals surface area contributed by atoms with Gasteiger partial charge in [-0.15, -0.1) is 0 Å². The molecule has 1 atom stereocenters. The molecule has 0 saturated heterocycles. The van der Waals surface area contributed by atoms with Gasteiger partial charge in [-0.3, -0.25) is 9.78 Å². The van der Waals surface area contributed by atoms with E-state index in [9.17, 15) is 4.79 Å². The maximum Gasteiger partial charge on any atom is 0.237 e. The van der Waals surface area contributed by atoms with E-state index < -0.39 is 0 Å². The van der Waals surface area contributed by atoms with Gasteiger partial charge in [-0.2, -0.15) is 0 Å². The Labute approximate surface area is 108 Å². The van der Waals surface area contributed by atoms with Crippen LogP contribution in [0.25, 0.3) is 10.9 Å². The smallest absolute Gasteiger partial charge is 0.237 e. The molecular weight excluding hydrogens is 280 g/mol. The molecule has 0 fully saturated rings. The van der Waals surface area contributed by atoms with Crippen molar-refractivity contribution in [1.82, 2.24) is 4.98 Å². The van der Waals surface area contributed by atoms with Crippen LogP contribution in [0.3, 0.4) is 0 Å². The fourth-order valence-electron chi connectivity index (χ4n) is 1.64. The Morgan fingerprint density at radius 3 is 2.82 bits per heavy atom.